The zero-order chi connectivity index (χ0) is 28.5. The van der Waals surface area contributed by atoms with Crippen LogP contribution in [0.25, 0.3) is 10.8 Å². The van der Waals surface area contributed by atoms with E-state index in [1.807, 2.05) is 0 Å². The van der Waals surface area contributed by atoms with E-state index in [9.17, 15) is 19.2 Å². The molecule has 2 aromatic rings. The number of rotatable bonds is 11. The summed E-state index contributed by atoms with van der Waals surface area (Å²) >= 11 is 0. The predicted molar refractivity (Wildman–Crippen MR) is 153 cm³/mol. The highest BCUT2D eigenvalue weighted by atomic mass is 16.4. The van der Waals surface area contributed by atoms with Gasteiger partial charge in [-0.1, -0.05) is 61.4 Å². The highest BCUT2D eigenvalue weighted by molar-refractivity contribution is 5.89. The van der Waals surface area contributed by atoms with Crippen molar-refractivity contribution in [3.63, 3.8) is 0 Å². The summed E-state index contributed by atoms with van der Waals surface area (Å²) in [6.07, 6.45) is 7.63. The van der Waals surface area contributed by atoms with Crippen LogP contribution >= 0.6 is 0 Å². The van der Waals surface area contributed by atoms with Crippen LogP contribution in [-0.2, 0) is 19.2 Å². The van der Waals surface area contributed by atoms with Gasteiger partial charge in [0.15, 0.2) is 0 Å². The van der Waals surface area contributed by atoms with Gasteiger partial charge >= 0.3 is 5.97 Å². The number of nitrogens with zero attached hydrogens (tertiary/aromatic N) is 2. The molecule has 2 aromatic carbocycles. The number of carboxylic acids is 1. The minimum atomic E-state index is -1.09. The van der Waals surface area contributed by atoms with Crippen LogP contribution < -0.4 is 10.6 Å². The highest BCUT2D eigenvalue weighted by Crippen LogP contribution is 2.32. The maximum absolute atomic E-state index is 13.5. The molecule has 3 amide bonds. The van der Waals surface area contributed by atoms with Crippen LogP contribution in [0.4, 0.5) is 0 Å². The van der Waals surface area contributed by atoms with Crippen LogP contribution in [0.15, 0.2) is 54.6 Å². The fourth-order valence-corrected chi connectivity index (χ4v) is 5.97. The molecule has 1 heterocycles. The van der Waals surface area contributed by atoms with Gasteiger partial charge in [-0.2, -0.15) is 0 Å². The number of carboxylic acid groups (broad SMARTS) is 1. The Bertz CT molecular complexity index is 1230. The molecule has 1 saturated heterocycles. The first-order valence-corrected chi connectivity index (χ1v) is 14.3. The molecule has 9 heteroatoms. The number of carbonyl (C=O) groups excluding carboxylic acids is 3. The third-order valence-electron chi connectivity index (χ3n) is 8.19. The topological polar surface area (TPSA) is 119 Å². The van der Waals surface area contributed by atoms with Gasteiger partial charge in [0.2, 0.25) is 17.7 Å². The molecule has 0 spiro atoms. The Morgan fingerprint density at radius 2 is 1.68 bits per heavy atom. The Morgan fingerprint density at radius 1 is 0.975 bits per heavy atom. The van der Waals surface area contributed by atoms with Crippen molar-refractivity contribution in [2.75, 3.05) is 32.7 Å². The Kier molecular flexibility index (Phi) is 10.3. The van der Waals surface area contributed by atoms with E-state index >= 15 is 0 Å². The molecule has 0 radical (unpaired) electrons. The number of aliphatic carboxylic acids is 1. The SMILES string of the molecule is C[C@H](c1cccc2ccccc12)N1CCC(N(CC(=O)NCC(=O)NC/C=C/C(=O)O)C(=O)C2CCCC2)CC1. The van der Waals surface area contributed by atoms with Crippen molar-refractivity contribution in [3.8, 4) is 0 Å². The fraction of sp³-hybridized carbons (Fsp3) is 0.484. The lowest BCUT2D eigenvalue weighted by atomic mass is 9.95. The first-order chi connectivity index (χ1) is 19.3. The number of fused-ring (bicyclic) bond motifs is 1. The van der Waals surface area contributed by atoms with Gasteiger partial charge in [0, 0.05) is 43.7 Å². The van der Waals surface area contributed by atoms with Crippen molar-refractivity contribution < 1.29 is 24.3 Å². The molecule has 40 heavy (non-hydrogen) atoms. The summed E-state index contributed by atoms with van der Waals surface area (Å²) in [4.78, 5) is 53.1. The third-order valence-corrected chi connectivity index (χ3v) is 8.19. The summed E-state index contributed by atoms with van der Waals surface area (Å²) in [7, 11) is 0. The van der Waals surface area contributed by atoms with E-state index in [1.165, 1.54) is 22.4 Å². The Hall–Kier alpha value is -3.72. The van der Waals surface area contributed by atoms with E-state index in [-0.39, 0.29) is 49.5 Å². The molecular formula is C31H40N4O5. The van der Waals surface area contributed by atoms with Gasteiger partial charge < -0.3 is 20.6 Å². The maximum Gasteiger partial charge on any atom is 0.328 e. The molecule has 0 unspecified atom stereocenters. The zero-order valence-electron chi connectivity index (χ0n) is 23.2. The molecule has 0 bridgehead atoms. The first kappa shape index (κ1) is 29.3. The smallest absolute Gasteiger partial charge is 0.328 e. The van der Waals surface area contributed by atoms with E-state index in [1.54, 1.807) is 4.90 Å². The van der Waals surface area contributed by atoms with E-state index in [0.717, 1.165) is 57.7 Å². The molecule has 3 N–H and O–H groups in total. The van der Waals surface area contributed by atoms with Crippen LogP contribution in [0.3, 0.4) is 0 Å². The van der Waals surface area contributed by atoms with Gasteiger partial charge in [-0.3, -0.25) is 19.3 Å². The number of hydrogen-bond donors (Lipinski definition) is 3. The summed E-state index contributed by atoms with van der Waals surface area (Å²) in [6.45, 7) is 3.66. The fourth-order valence-electron chi connectivity index (χ4n) is 5.97. The predicted octanol–water partition coefficient (Wildman–Crippen LogP) is 3.26. The van der Waals surface area contributed by atoms with Gasteiger partial charge in [-0.05, 0) is 48.9 Å². The first-order valence-electron chi connectivity index (χ1n) is 14.3. The number of nitrogens with one attached hydrogen (secondary N) is 2. The summed E-state index contributed by atoms with van der Waals surface area (Å²) in [5.41, 5.74) is 1.30. The van der Waals surface area contributed by atoms with E-state index in [2.05, 4.69) is 64.9 Å². The number of hydrogen-bond acceptors (Lipinski definition) is 5. The molecule has 0 aromatic heterocycles. The van der Waals surface area contributed by atoms with E-state index in [0.29, 0.717) is 0 Å². The normalized spacial score (nSPS) is 17.6. The van der Waals surface area contributed by atoms with Gasteiger partial charge in [-0.15, -0.1) is 0 Å². The summed E-state index contributed by atoms with van der Waals surface area (Å²) < 4.78 is 0. The van der Waals surface area contributed by atoms with Crippen LogP contribution in [0.1, 0.15) is 57.1 Å². The van der Waals surface area contributed by atoms with Crippen molar-refractivity contribution in [2.45, 2.75) is 57.5 Å². The second kappa shape index (κ2) is 14.1. The molecule has 1 saturated carbocycles. The lowest BCUT2D eigenvalue weighted by molar-refractivity contribution is -0.143. The lowest BCUT2D eigenvalue weighted by Gasteiger charge is -2.41. The molecule has 2 aliphatic rings. The number of benzene rings is 2. The van der Waals surface area contributed by atoms with Gasteiger partial charge in [0.25, 0.3) is 0 Å². The highest BCUT2D eigenvalue weighted by Gasteiger charge is 2.35. The minimum Gasteiger partial charge on any atom is -0.478 e. The zero-order valence-corrected chi connectivity index (χ0v) is 23.2. The average molecular weight is 549 g/mol. The van der Waals surface area contributed by atoms with Crippen molar-refractivity contribution in [1.82, 2.24) is 20.4 Å². The van der Waals surface area contributed by atoms with Gasteiger partial charge in [0.05, 0.1) is 13.1 Å². The number of amides is 3. The van der Waals surface area contributed by atoms with Gasteiger partial charge in [0.1, 0.15) is 0 Å². The molecule has 1 aliphatic heterocycles. The maximum atomic E-state index is 13.5. The summed E-state index contributed by atoms with van der Waals surface area (Å²) in [5.74, 6) is -1.87. The number of piperidine rings is 1. The summed E-state index contributed by atoms with van der Waals surface area (Å²) in [6, 6.07) is 15.1. The average Bonchev–Trinajstić information content (AvgIpc) is 3.51. The molecule has 9 nitrogen and oxygen atoms in total. The van der Waals surface area contributed by atoms with Crippen LogP contribution in [0.5, 0.6) is 0 Å². The van der Waals surface area contributed by atoms with E-state index in [4.69, 9.17) is 5.11 Å². The molecule has 214 valence electrons. The van der Waals surface area contributed by atoms with Gasteiger partial charge in [-0.25, -0.2) is 4.79 Å². The van der Waals surface area contributed by atoms with Crippen molar-refractivity contribution in [2.24, 2.45) is 5.92 Å². The van der Waals surface area contributed by atoms with Crippen molar-refractivity contribution >= 4 is 34.5 Å². The monoisotopic (exact) mass is 548 g/mol. The third kappa shape index (κ3) is 7.69. The minimum absolute atomic E-state index is 0.0233. The Balaban J connectivity index is 1.35. The number of carbonyl (C=O) groups is 4. The molecule has 4 rings (SSSR count). The Morgan fingerprint density at radius 3 is 2.40 bits per heavy atom. The number of likely N-dealkylation sites (tertiary alicyclic amines) is 1. The lowest BCUT2D eigenvalue weighted by Crippen LogP contribution is -2.53. The molecule has 1 aliphatic carbocycles. The van der Waals surface area contributed by atoms with Crippen LogP contribution in [-0.4, -0.2) is 77.4 Å². The van der Waals surface area contributed by atoms with Crippen molar-refractivity contribution in [3.05, 3.63) is 60.2 Å². The quantitative estimate of drug-likeness (QED) is 0.371. The second-order valence-corrected chi connectivity index (χ2v) is 10.8. The molecule has 1 atom stereocenters. The summed E-state index contributed by atoms with van der Waals surface area (Å²) in [5, 5.41) is 16.2. The standard InChI is InChI=1S/C31H40N4O5/c1-22(26-13-6-11-23-8-4-5-12-27(23)26)34-18-15-25(16-19-34)35(31(40)24-9-2-3-10-24)21-29(37)33-20-28(36)32-17-7-14-30(38)39/h4-8,11-14,22,24-25H,2-3,9-10,15-21H2,1H3,(H,32,36)(H,33,37)(H,38,39)/b14-7+/t22-/m1/s1. The molecular weight excluding hydrogens is 508 g/mol. The van der Waals surface area contributed by atoms with Crippen LogP contribution in [0.2, 0.25) is 0 Å². The van der Waals surface area contributed by atoms with Crippen molar-refractivity contribution in [1.29, 1.82) is 0 Å². The van der Waals surface area contributed by atoms with Crippen LogP contribution in [0, 0.1) is 5.92 Å². The Labute approximate surface area is 235 Å². The second-order valence-electron chi connectivity index (χ2n) is 10.8. The largest absolute Gasteiger partial charge is 0.478 e. The molecule has 2 fully saturated rings. The van der Waals surface area contributed by atoms with E-state index < -0.39 is 11.9 Å².